The first-order valence-electron chi connectivity index (χ1n) is 6.80. The highest BCUT2D eigenvalue weighted by Gasteiger charge is 2.18. The van der Waals surface area contributed by atoms with E-state index in [1.54, 1.807) is 0 Å². The van der Waals surface area contributed by atoms with Crippen LogP contribution < -0.4 is 10.1 Å². The molecule has 0 fully saturated rings. The number of hydrogen-bond acceptors (Lipinski definition) is 3. The fourth-order valence-electron chi connectivity index (χ4n) is 2.07. The minimum absolute atomic E-state index is 0.160. The second kappa shape index (κ2) is 8.11. The summed E-state index contributed by atoms with van der Waals surface area (Å²) in [6.07, 6.45) is 0.160. The van der Waals surface area contributed by atoms with Crippen LogP contribution in [0.4, 0.5) is 0 Å². The molecule has 1 N–H and O–H groups in total. The van der Waals surface area contributed by atoms with Gasteiger partial charge in [-0.2, -0.15) is 0 Å². The molecule has 1 aromatic carbocycles. The number of benzene rings is 1. The van der Waals surface area contributed by atoms with Gasteiger partial charge in [-0.3, -0.25) is 0 Å². The van der Waals surface area contributed by atoms with Crippen LogP contribution >= 0.6 is 0 Å². The Kier molecular flexibility index (Phi) is 6.76. The van der Waals surface area contributed by atoms with E-state index in [2.05, 4.69) is 31.3 Å². The maximum Gasteiger partial charge on any atom is 0.119 e. The Hall–Kier alpha value is -1.06. The van der Waals surface area contributed by atoms with Gasteiger partial charge in [-0.15, -0.1) is 0 Å². The summed E-state index contributed by atoms with van der Waals surface area (Å²) in [5, 5.41) is 3.47. The van der Waals surface area contributed by atoms with Crippen molar-refractivity contribution in [3.05, 3.63) is 29.8 Å². The average Bonchev–Trinajstić information content (AvgIpc) is 2.38. The fourth-order valence-corrected chi connectivity index (χ4v) is 2.07. The Bertz CT molecular complexity index is 324. The summed E-state index contributed by atoms with van der Waals surface area (Å²) in [5.41, 5.74) is 1.24. The molecule has 2 atom stereocenters. The molecule has 0 heterocycles. The lowest BCUT2D eigenvalue weighted by Gasteiger charge is -2.25. The Morgan fingerprint density at radius 3 is 2.22 bits per heavy atom. The zero-order chi connectivity index (χ0) is 13.4. The molecule has 3 heteroatoms. The van der Waals surface area contributed by atoms with Crippen molar-refractivity contribution in [1.82, 2.24) is 5.32 Å². The predicted molar refractivity (Wildman–Crippen MR) is 75.1 cm³/mol. The van der Waals surface area contributed by atoms with Crippen LogP contribution in [-0.2, 0) is 4.74 Å². The molecule has 1 aromatic rings. The Morgan fingerprint density at radius 2 is 1.72 bits per heavy atom. The first-order chi connectivity index (χ1) is 8.72. The van der Waals surface area contributed by atoms with Crippen LogP contribution in [0.3, 0.4) is 0 Å². The molecular weight excluding hydrogens is 226 g/mol. The van der Waals surface area contributed by atoms with Crippen molar-refractivity contribution < 1.29 is 9.47 Å². The Morgan fingerprint density at radius 1 is 1.06 bits per heavy atom. The summed E-state index contributed by atoms with van der Waals surface area (Å²) in [5.74, 6) is 0.917. The van der Waals surface area contributed by atoms with Crippen molar-refractivity contribution in [2.45, 2.75) is 39.8 Å². The minimum atomic E-state index is 0.160. The van der Waals surface area contributed by atoms with Crippen LogP contribution in [0.15, 0.2) is 24.3 Å². The van der Waals surface area contributed by atoms with Crippen molar-refractivity contribution >= 4 is 0 Å². The third kappa shape index (κ3) is 4.31. The van der Waals surface area contributed by atoms with Crippen LogP contribution in [0.1, 0.15) is 39.3 Å². The maximum atomic E-state index is 5.69. The van der Waals surface area contributed by atoms with Gasteiger partial charge in [-0.05, 0) is 45.0 Å². The van der Waals surface area contributed by atoms with Crippen LogP contribution in [0.5, 0.6) is 5.75 Å². The maximum absolute atomic E-state index is 5.69. The van der Waals surface area contributed by atoms with E-state index in [1.807, 2.05) is 26.0 Å². The molecule has 0 saturated carbocycles. The quantitative estimate of drug-likeness (QED) is 0.770. The topological polar surface area (TPSA) is 30.5 Å². The van der Waals surface area contributed by atoms with Gasteiger partial charge in [0.15, 0.2) is 0 Å². The van der Waals surface area contributed by atoms with Gasteiger partial charge in [-0.25, -0.2) is 0 Å². The zero-order valence-electron chi connectivity index (χ0n) is 11.9. The lowest BCUT2D eigenvalue weighted by atomic mass is 10.0. The summed E-state index contributed by atoms with van der Waals surface area (Å²) in [6.45, 7) is 10.6. The van der Waals surface area contributed by atoms with Gasteiger partial charge < -0.3 is 14.8 Å². The molecular formula is C15H25NO2. The van der Waals surface area contributed by atoms with Crippen LogP contribution in [0.2, 0.25) is 0 Å². The largest absolute Gasteiger partial charge is 0.494 e. The van der Waals surface area contributed by atoms with E-state index >= 15 is 0 Å². The number of rotatable bonds is 8. The van der Waals surface area contributed by atoms with Gasteiger partial charge in [0.2, 0.25) is 0 Å². The molecule has 0 spiro atoms. The van der Waals surface area contributed by atoms with E-state index in [0.717, 1.165) is 18.9 Å². The van der Waals surface area contributed by atoms with E-state index in [1.165, 1.54) is 5.56 Å². The van der Waals surface area contributed by atoms with E-state index in [-0.39, 0.29) is 12.1 Å². The molecule has 18 heavy (non-hydrogen) atoms. The number of likely N-dealkylation sites (N-methyl/N-ethyl adjacent to an activating group) is 1. The van der Waals surface area contributed by atoms with Crippen molar-refractivity contribution in [1.29, 1.82) is 0 Å². The van der Waals surface area contributed by atoms with E-state index in [9.17, 15) is 0 Å². The average molecular weight is 251 g/mol. The third-order valence-electron chi connectivity index (χ3n) is 2.87. The molecule has 0 aromatic heterocycles. The molecule has 0 aliphatic heterocycles. The highest BCUT2D eigenvalue weighted by molar-refractivity contribution is 5.29. The summed E-state index contributed by atoms with van der Waals surface area (Å²) in [7, 11) is 0. The summed E-state index contributed by atoms with van der Waals surface area (Å²) >= 11 is 0. The highest BCUT2D eigenvalue weighted by Crippen LogP contribution is 2.22. The monoisotopic (exact) mass is 251 g/mol. The van der Waals surface area contributed by atoms with Gasteiger partial charge in [0.1, 0.15) is 5.75 Å². The summed E-state index contributed by atoms with van der Waals surface area (Å²) < 4.78 is 11.2. The second-order valence-corrected chi connectivity index (χ2v) is 4.20. The van der Waals surface area contributed by atoms with Crippen molar-refractivity contribution in [3.8, 4) is 5.75 Å². The molecule has 1 rings (SSSR count). The highest BCUT2D eigenvalue weighted by atomic mass is 16.5. The second-order valence-electron chi connectivity index (χ2n) is 4.20. The Labute approximate surface area is 110 Å². The van der Waals surface area contributed by atoms with Crippen molar-refractivity contribution in [2.75, 3.05) is 19.8 Å². The van der Waals surface area contributed by atoms with Crippen LogP contribution in [-0.4, -0.2) is 25.9 Å². The first kappa shape index (κ1) is 15.0. The predicted octanol–water partition coefficient (Wildman–Crippen LogP) is 3.16. The van der Waals surface area contributed by atoms with E-state index in [0.29, 0.717) is 6.61 Å². The van der Waals surface area contributed by atoms with E-state index < -0.39 is 0 Å². The van der Waals surface area contributed by atoms with Gasteiger partial charge in [0, 0.05) is 6.61 Å². The van der Waals surface area contributed by atoms with Crippen LogP contribution in [0.25, 0.3) is 0 Å². The standard InChI is InChI=1S/C15H25NO2/c1-5-16-15(12(4)17-6-2)13-8-10-14(11-9-13)18-7-3/h8-12,15-16H,5-7H2,1-4H3. The number of hydrogen-bond donors (Lipinski definition) is 1. The molecule has 0 radical (unpaired) electrons. The van der Waals surface area contributed by atoms with Gasteiger partial charge in [0.25, 0.3) is 0 Å². The molecule has 2 unspecified atom stereocenters. The van der Waals surface area contributed by atoms with Gasteiger partial charge in [-0.1, -0.05) is 19.1 Å². The fraction of sp³-hybridized carbons (Fsp3) is 0.600. The smallest absolute Gasteiger partial charge is 0.119 e. The zero-order valence-corrected chi connectivity index (χ0v) is 11.9. The molecule has 0 aliphatic carbocycles. The van der Waals surface area contributed by atoms with E-state index in [4.69, 9.17) is 9.47 Å². The molecule has 0 amide bonds. The molecule has 0 aliphatic rings. The molecule has 3 nitrogen and oxygen atoms in total. The molecule has 102 valence electrons. The number of ether oxygens (including phenoxy) is 2. The molecule has 0 bridgehead atoms. The first-order valence-corrected chi connectivity index (χ1v) is 6.80. The molecule has 0 saturated heterocycles. The lowest BCUT2D eigenvalue weighted by Crippen LogP contribution is -2.32. The lowest BCUT2D eigenvalue weighted by molar-refractivity contribution is 0.0476. The normalized spacial score (nSPS) is 14.2. The summed E-state index contributed by atoms with van der Waals surface area (Å²) in [6, 6.07) is 8.47. The van der Waals surface area contributed by atoms with Crippen molar-refractivity contribution in [2.24, 2.45) is 0 Å². The Balaban J connectivity index is 2.78. The number of nitrogens with one attached hydrogen (secondary N) is 1. The van der Waals surface area contributed by atoms with Crippen LogP contribution in [0, 0.1) is 0 Å². The van der Waals surface area contributed by atoms with Crippen molar-refractivity contribution in [3.63, 3.8) is 0 Å². The van der Waals surface area contributed by atoms with Gasteiger partial charge in [0.05, 0.1) is 18.8 Å². The summed E-state index contributed by atoms with van der Waals surface area (Å²) in [4.78, 5) is 0. The minimum Gasteiger partial charge on any atom is -0.494 e. The third-order valence-corrected chi connectivity index (χ3v) is 2.87. The SMILES string of the molecule is CCNC(c1ccc(OCC)cc1)C(C)OCC. The van der Waals surface area contributed by atoms with Gasteiger partial charge >= 0.3 is 0 Å².